The number of anilines is 2. The van der Waals surface area contributed by atoms with Crippen LogP contribution in [0.1, 0.15) is 22.3 Å². The largest absolute Gasteiger partial charge is 0.494 e. The van der Waals surface area contributed by atoms with Gasteiger partial charge in [0.25, 0.3) is 11.8 Å². The summed E-state index contributed by atoms with van der Waals surface area (Å²) < 4.78 is 12.1. The van der Waals surface area contributed by atoms with Gasteiger partial charge in [-0.3, -0.25) is 9.59 Å². The lowest BCUT2D eigenvalue weighted by molar-refractivity contribution is -0.121. The summed E-state index contributed by atoms with van der Waals surface area (Å²) in [6.45, 7) is 3.00. The Morgan fingerprint density at radius 3 is 2.69 bits per heavy atom. The molecule has 2 amide bonds. The zero-order chi connectivity index (χ0) is 22.5. The highest BCUT2D eigenvalue weighted by Gasteiger charge is 2.26. The van der Waals surface area contributed by atoms with Crippen molar-refractivity contribution in [1.82, 2.24) is 0 Å². The van der Waals surface area contributed by atoms with Gasteiger partial charge in [-0.2, -0.15) is 0 Å². The average molecular weight is 495 g/mol. The van der Waals surface area contributed by atoms with Crippen LogP contribution in [0, 0.1) is 6.92 Å². The van der Waals surface area contributed by atoms with Crippen molar-refractivity contribution in [3.05, 3.63) is 82.3 Å². The van der Waals surface area contributed by atoms with Crippen LogP contribution in [0.5, 0.6) is 11.5 Å². The lowest BCUT2D eigenvalue weighted by Gasteiger charge is -2.30. The number of benzene rings is 3. The molecule has 0 radical (unpaired) electrons. The molecule has 1 aliphatic heterocycles. The highest BCUT2D eigenvalue weighted by molar-refractivity contribution is 9.10. The number of nitrogens with one attached hydrogen (secondary N) is 1. The molecule has 0 saturated carbocycles. The van der Waals surface area contributed by atoms with Crippen LogP contribution in [0.3, 0.4) is 0 Å². The van der Waals surface area contributed by atoms with Crippen LogP contribution in [-0.4, -0.2) is 31.6 Å². The zero-order valence-corrected chi connectivity index (χ0v) is 19.2. The number of ether oxygens (including phenoxy) is 2. The lowest BCUT2D eigenvalue weighted by atomic mass is 10.1. The molecule has 1 heterocycles. The van der Waals surface area contributed by atoms with Crippen molar-refractivity contribution >= 4 is 39.1 Å². The van der Waals surface area contributed by atoms with E-state index in [-0.39, 0.29) is 18.4 Å². The number of rotatable bonds is 7. The molecule has 0 aromatic heterocycles. The van der Waals surface area contributed by atoms with Crippen molar-refractivity contribution in [3.8, 4) is 11.5 Å². The molecule has 0 atom stereocenters. The van der Waals surface area contributed by atoms with E-state index in [9.17, 15) is 9.59 Å². The van der Waals surface area contributed by atoms with Crippen LogP contribution < -0.4 is 19.7 Å². The third-order valence-electron chi connectivity index (χ3n) is 5.09. The number of hydrogen-bond acceptors (Lipinski definition) is 4. The maximum Gasteiger partial charge on any atom is 0.265 e. The summed E-state index contributed by atoms with van der Waals surface area (Å²) in [7, 11) is 0. The van der Waals surface area contributed by atoms with Crippen LogP contribution in [0.2, 0.25) is 0 Å². The second kappa shape index (κ2) is 9.87. The van der Waals surface area contributed by atoms with Gasteiger partial charge in [0.1, 0.15) is 11.5 Å². The van der Waals surface area contributed by atoms with Crippen LogP contribution >= 0.6 is 15.9 Å². The Labute approximate surface area is 195 Å². The Bertz CT molecular complexity index is 1130. The molecule has 3 aromatic rings. The minimum absolute atomic E-state index is 0.00547. The van der Waals surface area contributed by atoms with Gasteiger partial charge in [-0.1, -0.05) is 29.8 Å². The summed E-state index contributed by atoms with van der Waals surface area (Å²) in [6.07, 6.45) is 0.659. The van der Waals surface area contributed by atoms with Crippen molar-refractivity contribution < 1.29 is 19.1 Å². The van der Waals surface area contributed by atoms with Gasteiger partial charge < -0.3 is 19.7 Å². The second-order valence-corrected chi connectivity index (χ2v) is 8.32. The van der Waals surface area contributed by atoms with Crippen molar-refractivity contribution in [2.24, 2.45) is 0 Å². The highest BCUT2D eigenvalue weighted by Crippen LogP contribution is 2.35. The van der Waals surface area contributed by atoms with E-state index in [2.05, 4.69) is 21.2 Å². The van der Waals surface area contributed by atoms with Gasteiger partial charge in [0.2, 0.25) is 0 Å². The molecule has 0 saturated heterocycles. The molecule has 0 aliphatic carbocycles. The first-order valence-electron chi connectivity index (χ1n) is 10.3. The fraction of sp³-hybridized carbons (Fsp3) is 0.200. The SMILES string of the molecule is Cc1ccc(OCCCN2C(=O)COc3ccc(NC(=O)c4ccccc4Br)cc32)cc1. The summed E-state index contributed by atoms with van der Waals surface area (Å²) in [5.41, 5.74) is 2.93. The van der Waals surface area contributed by atoms with Crippen LogP contribution in [0.15, 0.2) is 71.2 Å². The topological polar surface area (TPSA) is 67.9 Å². The Balaban J connectivity index is 1.43. The van der Waals surface area contributed by atoms with E-state index in [0.717, 1.165) is 5.75 Å². The van der Waals surface area contributed by atoms with Gasteiger partial charge >= 0.3 is 0 Å². The van der Waals surface area contributed by atoms with Gasteiger partial charge in [-0.15, -0.1) is 0 Å². The molecule has 164 valence electrons. The van der Waals surface area contributed by atoms with Crippen LogP contribution in [-0.2, 0) is 4.79 Å². The number of carbonyl (C=O) groups excluding carboxylic acids is 2. The third kappa shape index (κ3) is 5.11. The number of fused-ring (bicyclic) bond motifs is 1. The summed E-state index contributed by atoms with van der Waals surface area (Å²) in [4.78, 5) is 26.9. The Hall–Kier alpha value is -3.32. The first kappa shape index (κ1) is 21.9. The number of hydrogen-bond donors (Lipinski definition) is 1. The first-order chi connectivity index (χ1) is 15.5. The third-order valence-corrected chi connectivity index (χ3v) is 5.79. The normalized spacial score (nSPS) is 12.7. The molecule has 32 heavy (non-hydrogen) atoms. The molecule has 3 aromatic carbocycles. The predicted octanol–water partition coefficient (Wildman–Crippen LogP) is 5.20. The van der Waals surface area contributed by atoms with E-state index < -0.39 is 0 Å². The minimum atomic E-state index is -0.237. The second-order valence-electron chi connectivity index (χ2n) is 7.47. The van der Waals surface area contributed by atoms with Crippen LogP contribution in [0.25, 0.3) is 0 Å². The number of aryl methyl sites for hydroxylation is 1. The van der Waals surface area contributed by atoms with Crippen LogP contribution in [0.4, 0.5) is 11.4 Å². The van der Waals surface area contributed by atoms with Gasteiger partial charge in [-0.25, -0.2) is 0 Å². The molecular formula is C25H23BrN2O4. The Kier molecular flexibility index (Phi) is 6.75. The fourth-order valence-corrected chi connectivity index (χ4v) is 3.88. The molecule has 1 N–H and O–H groups in total. The zero-order valence-electron chi connectivity index (χ0n) is 17.6. The van der Waals surface area contributed by atoms with E-state index in [0.29, 0.717) is 46.7 Å². The minimum Gasteiger partial charge on any atom is -0.494 e. The number of carbonyl (C=O) groups is 2. The van der Waals surface area contributed by atoms with Crippen molar-refractivity contribution in [2.45, 2.75) is 13.3 Å². The van der Waals surface area contributed by atoms with Gasteiger partial charge in [0.15, 0.2) is 6.61 Å². The van der Waals surface area contributed by atoms with E-state index in [1.54, 1.807) is 35.2 Å². The molecule has 0 spiro atoms. The fourth-order valence-electron chi connectivity index (χ4n) is 3.42. The number of nitrogens with zero attached hydrogens (tertiary/aromatic N) is 1. The highest BCUT2D eigenvalue weighted by atomic mass is 79.9. The lowest BCUT2D eigenvalue weighted by Crippen LogP contribution is -2.39. The Morgan fingerprint density at radius 1 is 1.12 bits per heavy atom. The van der Waals surface area contributed by atoms with Crippen molar-refractivity contribution in [3.63, 3.8) is 0 Å². The molecule has 1 aliphatic rings. The molecule has 4 rings (SSSR count). The maximum absolute atomic E-state index is 12.6. The summed E-state index contributed by atoms with van der Waals surface area (Å²) >= 11 is 3.40. The van der Waals surface area contributed by atoms with Gasteiger partial charge in [0.05, 0.1) is 17.9 Å². The van der Waals surface area contributed by atoms with E-state index in [1.165, 1.54) is 5.56 Å². The summed E-state index contributed by atoms with van der Waals surface area (Å²) in [5, 5.41) is 2.89. The standard InChI is InChI=1S/C25H23BrN2O4/c1-17-7-10-19(11-8-17)31-14-4-13-28-22-15-18(9-12-23(22)32-16-24(28)29)27-25(30)20-5-2-3-6-21(20)26/h2-3,5-12,15H,4,13-14,16H2,1H3,(H,27,30). The molecule has 0 unspecified atom stereocenters. The smallest absolute Gasteiger partial charge is 0.265 e. The molecule has 6 nitrogen and oxygen atoms in total. The molecule has 0 fully saturated rings. The molecule has 0 bridgehead atoms. The quantitative estimate of drug-likeness (QED) is 0.458. The van der Waals surface area contributed by atoms with Gasteiger partial charge in [-0.05, 0) is 71.7 Å². The van der Waals surface area contributed by atoms with Gasteiger partial charge in [0, 0.05) is 16.7 Å². The average Bonchev–Trinajstić information content (AvgIpc) is 2.79. The molecule has 7 heteroatoms. The molecular weight excluding hydrogens is 472 g/mol. The van der Waals surface area contributed by atoms with Crippen molar-refractivity contribution in [1.29, 1.82) is 0 Å². The summed E-state index contributed by atoms with van der Waals surface area (Å²) in [5.74, 6) is 1.06. The monoisotopic (exact) mass is 494 g/mol. The van der Waals surface area contributed by atoms with E-state index >= 15 is 0 Å². The van der Waals surface area contributed by atoms with Crippen molar-refractivity contribution in [2.75, 3.05) is 30.0 Å². The first-order valence-corrected chi connectivity index (χ1v) is 11.1. The number of amides is 2. The van der Waals surface area contributed by atoms with E-state index in [4.69, 9.17) is 9.47 Å². The number of halogens is 1. The maximum atomic E-state index is 12.6. The summed E-state index contributed by atoms with van der Waals surface area (Å²) in [6, 6.07) is 20.4. The Morgan fingerprint density at radius 2 is 1.91 bits per heavy atom. The predicted molar refractivity (Wildman–Crippen MR) is 128 cm³/mol. The van der Waals surface area contributed by atoms with E-state index in [1.807, 2.05) is 43.3 Å².